The average molecular weight is 303 g/mol. The van der Waals surface area contributed by atoms with E-state index in [0.29, 0.717) is 0 Å². The highest BCUT2D eigenvalue weighted by Crippen LogP contribution is 2.23. The van der Waals surface area contributed by atoms with Gasteiger partial charge in [0, 0.05) is 12.1 Å². The van der Waals surface area contributed by atoms with Crippen molar-refractivity contribution in [2.24, 2.45) is 0 Å². The molecule has 0 spiro atoms. The molecule has 0 saturated carbocycles. The Hall–Kier alpha value is -0.620. The Morgan fingerprint density at radius 1 is 1.42 bits per heavy atom. The molecule has 2 N–H and O–H groups in total. The first kappa shape index (κ1) is 14.8. The second-order valence-corrected chi connectivity index (χ2v) is 7.14. The molecule has 106 valence electrons. The number of rotatable bonds is 3. The molecule has 0 aliphatic carbocycles. The topological polar surface area (TPSA) is 58.2 Å². The number of hydrogen-bond acceptors (Lipinski definition) is 3. The molecule has 1 aromatic carbocycles. The highest BCUT2D eigenvalue weighted by Gasteiger charge is 2.27. The average Bonchev–Trinajstić information content (AvgIpc) is 2.35. The van der Waals surface area contributed by atoms with Gasteiger partial charge in [0.05, 0.1) is 5.02 Å². The van der Waals surface area contributed by atoms with E-state index in [4.69, 9.17) is 11.6 Å². The summed E-state index contributed by atoms with van der Waals surface area (Å²) in [4.78, 5) is 0.159. The molecular weight excluding hydrogens is 284 g/mol. The van der Waals surface area contributed by atoms with E-state index in [1.807, 2.05) is 13.8 Å². The van der Waals surface area contributed by atoms with Crippen molar-refractivity contribution in [3.8, 4) is 0 Å². The summed E-state index contributed by atoms with van der Waals surface area (Å²) >= 11 is 6.00. The van der Waals surface area contributed by atoms with Gasteiger partial charge in [-0.15, -0.1) is 0 Å². The quantitative estimate of drug-likeness (QED) is 0.898. The van der Waals surface area contributed by atoms with Crippen molar-refractivity contribution in [3.05, 3.63) is 28.8 Å². The Labute approximate surface area is 119 Å². The van der Waals surface area contributed by atoms with Crippen LogP contribution in [-0.4, -0.2) is 27.0 Å². The van der Waals surface area contributed by atoms with E-state index in [1.54, 1.807) is 18.2 Å². The molecule has 2 atom stereocenters. The van der Waals surface area contributed by atoms with Crippen LogP contribution in [-0.2, 0) is 10.0 Å². The monoisotopic (exact) mass is 302 g/mol. The van der Waals surface area contributed by atoms with E-state index in [1.165, 1.54) is 0 Å². The fraction of sp³-hybridized carbons (Fsp3) is 0.538. The number of aryl methyl sites for hydroxylation is 1. The molecule has 6 heteroatoms. The zero-order valence-electron chi connectivity index (χ0n) is 11.1. The molecule has 2 unspecified atom stereocenters. The molecule has 1 aliphatic heterocycles. The summed E-state index contributed by atoms with van der Waals surface area (Å²) in [5.74, 6) is 0. The van der Waals surface area contributed by atoms with Gasteiger partial charge >= 0.3 is 0 Å². The Balaban J connectivity index is 2.24. The van der Waals surface area contributed by atoms with E-state index in [-0.39, 0.29) is 22.0 Å². The molecular formula is C13H19ClN2O2S. The summed E-state index contributed by atoms with van der Waals surface area (Å²) in [6.45, 7) is 4.77. The van der Waals surface area contributed by atoms with Crippen LogP contribution < -0.4 is 10.0 Å². The van der Waals surface area contributed by atoms with Crippen molar-refractivity contribution in [2.45, 2.75) is 43.7 Å². The van der Waals surface area contributed by atoms with E-state index in [9.17, 15) is 8.42 Å². The Kier molecular flexibility index (Phi) is 4.50. The third kappa shape index (κ3) is 3.48. The van der Waals surface area contributed by atoms with Gasteiger partial charge in [-0.1, -0.05) is 17.7 Å². The van der Waals surface area contributed by atoms with Gasteiger partial charge in [-0.25, -0.2) is 13.1 Å². The maximum absolute atomic E-state index is 12.4. The molecule has 1 aliphatic rings. The van der Waals surface area contributed by atoms with Crippen LogP contribution in [0, 0.1) is 6.92 Å². The van der Waals surface area contributed by atoms with Gasteiger partial charge in [0.2, 0.25) is 10.0 Å². The molecule has 0 bridgehead atoms. The molecule has 1 aromatic rings. The van der Waals surface area contributed by atoms with Crippen LogP contribution in [0.2, 0.25) is 5.02 Å². The molecule has 1 fully saturated rings. The minimum Gasteiger partial charge on any atom is -0.313 e. The Morgan fingerprint density at radius 3 is 2.84 bits per heavy atom. The first-order valence-electron chi connectivity index (χ1n) is 6.42. The lowest BCUT2D eigenvalue weighted by molar-refractivity contribution is 0.349. The fourth-order valence-corrected chi connectivity index (χ4v) is 4.22. The summed E-state index contributed by atoms with van der Waals surface area (Å²) in [5.41, 5.74) is 0.875. The van der Waals surface area contributed by atoms with Crippen molar-refractivity contribution in [1.29, 1.82) is 0 Å². The van der Waals surface area contributed by atoms with E-state index >= 15 is 0 Å². The third-order valence-electron chi connectivity index (χ3n) is 3.44. The molecule has 19 heavy (non-hydrogen) atoms. The predicted octanol–water partition coefficient (Wildman–Crippen LogP) is 2.07. The highest BCUT2D eigenvalue weighted by molar-refractivity contribution is 7.89. The predicted molar refractivity (Wildman–Crippen MR) is 77.0 cm³/mol. The van der Waals surface area contributed by atoms with Crippen LogP contribution in [0.3, 0.4) is 0 Å². The van der Waals surface area contributed by atoms with Gasteiger partial charge in [-0.2, -0.15) is 0 Å². The normalized spacial score (nSPS) is 24.4. The van der Waals surface area contributed by atoms with E-state index in [2.05, 4.69) is 10.0 Å². The summed E-state index contributed by atoms with van der Waals surface area (Å²) in [7, 11) is -3.57. The minimum absolute atomic E-state index is 0.0877. The summed E-state index contributed by atoms with van der Waals surface area (Å²) in [6, 6.07) is 5.06. The molecule has 0 aromatic heterocycles. The van der Waals surface area contributed by atoms with Crippen LogP contribution in [0.25, 0.3) is 0 Å². The zero-order valence-corrected chi connectivity index (χ0v) is 12.7. The van der Waals surface area contributed by atoms with Crippen molar-refractivity contribution < 1.29 is 8.42 Å². The fourth-order valence-electron chi connectivity index (χ4n) is 2.28. The summed E-state index contributed by atoms with van der Waals surface area (Å²) < 4.78 is 27.5. The van der Waals surface area contributed by atoms with Crippen molar-refractivity contribution in [1.82, 2.24) is 10.0 Å². The lowest BCUT2D eigenvalue weighted by Gasteiger charge is -2.30. The maximum Gasteiger partial charge on any atom is 0.242 e. The second kappa shape index (κ2) is 5.79. The van der Waals surface area contributed by atoms with Crippen LogP contribution in [0.15, 0.2) is 23.1 Å². The minimum atomic E-state index is -3.57. The number of hydrogen-bond donors (Lipinski definition) is 2. The van der Waals surface area contributed by atoms with Crippen LogP contribution >= 0.6 is 11.6 Å². The van der Waals surface area contributed by atoms with E-state index in [0.717, 1.165) is 24.9 Å². The Bertz CT molecular complexity index is 560. The van der Waals surface area contributed by atoms with Crippen LogP contribution in [0.1, 0.15) is 25.3 Å². The molecule has 4 nitrogen and oxygen atoms in total. The third-order valence-corrected chi connectivity index (χ3v) is 5.42. The smallest absolute Gasteiger partial charge is 0.242 e. The molecule has 0 amide bonds. The molecule has 1 saturated heterocycles. The van der Waals surface area contributed by atoms with Gasteiger partial charge in [0.25, 0.3) is 0 Å². The maximum atomic E-state index is 12.4. The number of benzene rings is 1. The van der Waals surface area contributed by atoms with Crippen LogP contribution in [0.5, 0.6) is 0 Å². The summed E-state index contributed by atoms with van der Waals surface area (Å²) in [5, 5.41) is 3.53. The summed E-state index contributed by atoms with van der Waals surface area (Å²) in [6.07, 6.45) is 1.82. The highest BCUT2D eigenvalue weighted by atomic mass is 35.5. The first-order chi connectivity index (χ1) is 8.90. The SMILES string of the molecule is Cc1ccc(Cl)c(S(=O)(=O)NC2CCCNC2C)c1. The Morgan fingerprint density at radius 2 is 2.16 bits per heavy atom. The van der Waals surface area contributed by atoms with E-state index < -0.39 is 10.0 Å². The zero-order chi connectivity index (χ0) is 14.0. The van der Waals surface area contributed by atoms with Gasteiger partial charge in [-0.05, 0) is 50.9 Å². The molecule has 0 radical (unpaired) electrons. The van der Waals surface area contributed by atoms with Crippen molar-refractivity contribution >= 4 is 21.6 Å². The lowest BCUT2D eigenvalue weighted by Crippen LogP contribution is -2.51. The van der Waals surface area contributed by atoms with Gasteiger partial charge in [0.15, 0.2) is 0 Å². The number of sulfonamides is 1. The molecule has 1 heterocycles. The largest absolute Gasteiger partial charge is 0.313 e. The van der Waals surface area contributed by atoms with Gasteiger partial charge in [-0.3, -0.25) is 0 Å². The standard InChI is InChI=1S/C13H19ClN2O2S/c1-9-5-6-11(14)13(8-9)19(17,18)16-12-4-3-7-15-10(12)2/h5-6,8,10,12,15-16H,3-4,7H2,1-2H3. The number of piperidine rings is 1. The molecule has 2 rings (SSSR count). The van der Waals surface area contributed by atoms with Gasteiger partial charge < -0.3 is 5.32 Å². The van der Waals surface area contributed by atoms with Crippen molar-refractivity contribution in [2.75, 3.05) is 6.54 Å². The number of halogens is 1. The second-order valence-electron chi connectivity index (χ2n) is 5.05. The lowest BCUT2D eigenvalue weighted by atomic mass is 10.0. The first-order valence-corrected chi connectivity index (χ1v) is 8.28. The number of nitrogens with one attached hydrogen (secondary N) is 2. The van der Waals surface area contributed by atoms with Crippen molar-refractivity contribution in [3.63, 3.8) is 0 Å². The van der Waals surface area contributed by atoms with Crippen LogP contribution in [0.4, 0.5) is 0 Å². The van der Waals surface area contributed by atoms with Gasteiger partial charge in [0.1, 0.15) is 4.90 Å².